The average molecular weight is 699 g/mol. The van der Waals surface area contributed by atoms with Crippen molar-refractivity contribution >= 4 is 22.9 Å². The van der Waals surface area contributed by atoms with Crippen LogP contribution < -0.4 is 0 Å². The van der Waals surface area contributed by atoms with E-state index in [9.17, 15) is 34.8 Å². The van der Waals surface area contributed by atoms with Gasteiger partial charge in [-0.1, -0.05) is 126 Å². The summed E-state index contributed by atoms with van der Waals surface area (Å²) in [6.45, 7) is 12.1. The molecule has 4 aliphatic rings. The molecule has 3 aromatic carbocycles. The van der Waals surface area contributed by atoms with E-state index in [1.807, 2.05) is 65.0 Å². The molecule has 1 unspecified atom stereocenters. The van der Waals surface area contributed by atoms with Gasteiger partial charge >= 0.3 is 0 Å². The van der Waals surface area contributed by atoms with Gasteiger partial charge in [-0.3, -0.25) is 14.4 Å². The third kappa shape index (κ3) is 4.57. The molecule has 0 fully saturated rings. The zero-order valence-corrected chi connectivity index (χ0v) is 30.7. The zero-order chi connectivity index (χ0) is 37.7. The Morgan fingerprint density at radius 1 is 0.885 bits per heavy atom. The van der Waals surface area contributed by atoms with Crippen LogP contribution in [0, 0.1) is 28.6 Å². The van der Waals surface area contributed by atoms with E-state index in [1.165, 1.54) is 0 Å². The fourth-order valence-electron chi connectivity index (χ4n) is 10.2. The molecule has 7 nitrogen and oxygen atoms in total. The summed E-state index contributed by atoms with van der Waals surface area (Å²) in [6, 6.07) is 22.3. The van der Waals surface area contributed by atoms with Gasteiger partial charge in [-0.05, 0) is 70.9 Å². The standard InChI is InChI=1S/C45H46O7/c1-23(2)36-39(48)34(25(4)46)41(50)45(52)42(51)37-40(49)35-33(24(3)43(37,6)26(5)44(36,45)7)20-19-32(38(35)47)22-27-13-14-31(21-27)30-17-15-29(16-18-30)28-11-9-8-10-12-28/h8-12,14-21,23-24,26,36,47-48,51-52H,13,22H2,1-7H3/t24-,26-,36?,43-,44-,45+/m1/s1. The van der Waals surface area contributed by atoms with Crippen molar-refractivity contribution in [1.82, 2.24) is 0 Å². The van der Waals surface area contributed by atoms with Crippen LogP contribution in [-0.2, 0) is 16.0 Å². The molecule has 0 saturated carbocycles. The Morgan fingerprint density at radius 3 is 2.12 bits per heavy atom. The van der Waals surface area contributed by atoms with Crippen molar-refractivity contribution in [2.45, 2.75) is 72.8 Å². The number of hydrogen-bond acceptors (Lipinski definition) is 7. The van der Waals surface area contributed by atoms with Gasteiger partial charge in [0.2, 0.25) is 5.78 Å². The predicted octanol–water partition coefficient (Wildman–Crippen LogP) is 8.78. The second-order valence-corrected chi connectivity index (χ2v) is 16.0. The van der Waals surface area contributed by atoms with Crippen LogP contribution in [0.2, 0.25) is 0 Å². The number of benzene rings is 3. The number of Topliss-reactive ketones (excluding diaryl/α,β-unsaturated/α-hetero) is 3. The van der Waals surface area contributed by atoms with Gasteiger partial charge in [0.25, 0.3) is 0 Å². The molecule has 6 atom stereocenters. The average Bonchev–Trinajstić information content (AvgIpc) is 3.58. The number of phenolic OH excluding ortho intramolecular Hbond substituents is 1. The number of aliphatic hydroxyl groups excluding tert-OH is 2. The minimum Gasteiger partial charge on any atom is -0.511 e. The number of carbonyl (C=O) groups is 3. The predicted molar refractivity (Wildman–Crippen MR) is 201 cm³/mol. The molecule has 4 aliphatic carbocycles. The molecule has 7 rings (SSSR count). The molecule has 0 heterocycles. The summed E-state index contributed by atoms with van der Waals surface area (Å²) < 4.78 is 0. The summed E-state index contributed by atoms with van der Waals surface area (Å²) in [4.78, 5) is 41.6. The van der Waals surface area contributed by atoms with Crippen molar-refractivity contribution in [3.8, 4) is 16.9 Å². The minimum atomic E-state index is -2.67. The number of allylic oxidation sites excluding steroid dienone is 6. The van der Waals surface area contributed by atoms with Crippen molar-refractivity contribution in [3.63, 3.8) is 0 Å². The Hall–Kier alpha value is -5.01. The number of aromatic hydroxyl groups is 1. The first-order valence-electron chi connectivity index (χ1n) is 18.1. The summed E-state index contributed by atoms with van der Waals surface area (Å²) in [5.41, 5.74) is 0.718. The molecule has 0 saturated heterocycles. The molecule has 0 radical (unpaired) electrons. The van der Waals surface area contributed by atoms with Crippen molar-refractivity contribution in [3.05, 3.63) is 129 Å². The van der Waals surface area contributed by atoms with E-state index in [-0.39, 0.29) is 22.8 Å². The van der Waals surface area contributed by atoms with Gasteiger partial charge in [-0.2, -0.15) is 0 Å². The molecular weight excluding hydrogens is 652 g/mol. The van der Waals surface area contributed by atoms with E-state index in [0.29, 0.717) is 24.0 Å². The van der Waals surface area contributed by atoms with Crippen LogP contribution in [0.15, 0.2) is 107 Å². The number of carbonyl (C=O) groups excluding carboxylic acids is 3. The molecule has 7 heteroatoms. The van der Waals surface area contributed by atoms with Gasteiger partial charge in [0.1, 0.15) is 22.8 Å². The highest BCUT2D eigenvalue weighted by Gasteiger charge is 2.74. The highest BCUT2D eigenvalue weighted by atomic mass is 16.3. The van der Waals surface area contributed by atoms with Gasteiger partial charge in [0.15, 0.2) is 17.2 Å². The van der Waals surface area contributed by atoms with Crippen LogP contribution in [0.5, 0.6) is 5.75 Å². The lowest BCUT2D eigenvalue weighted by Gasteiger charge is -2.64. The Balaban J connectivity index is 1.27. The Labute approximate surface area is 304 Å². The first-order chi connectivity index (χ1) is 24.5. The highest BCUT2D eigenvalue weighted by molar-refractivity contribution is 6.25. The summed E-state index contributed by atoms with van der Waals surface area (Å²) in [5, 5.41) is 48.0. The van der Waals surface area contributed by atoms with Crippen LogP contribution in [0.25, 0.3) is 16.7 Å². The van der Waals surface area contributed by atoms with Crippen LogP contribution >= 0.6 is 0 Å². The molecule has 0 aromatic heterocycles. The van der Waals surface area contributed by atoms with Crippen LogP contribution in [0.3, 0.4) is 0 Å². The van der Waals surface area contributed by atoms with Crippen LogP contribution in [0.1, 0.15) is 87.9 Å². The quantitative estimate of drug-likeness (QED) is 0.189. The first kappa shape index (κ1) is 35.4. The number of rotatable bonds is 6. The maximum atomic E-state index is 14.7. The third-order valence-electron chi connectivity index (χ3n) is 13.3. The SMILES string of the molecule is CC(=O)C1=C(O)C(C(C)C)[C@@]2(C)[C@H](C)[C@]3(C)C(=C(O)[C@@]2(O)C1=O)C(=O)c1c(ccc(CC2=CC(c4ccc(-c5ccccc5)cc4)=CC2)c1O)[C@H]3C. The summed E-state index contributed by atoms with van der Waals surface area (Å²) >= 11 is 0. The summed E-state index contributed by atoms with van der Waals surface area (Å²) in [7, 11) is 0. The fourth-order valence-corrected chi connectivity index (χ4v) is 10.2. The number of aliphatic hydroxyl groups is 3. The zero-order valence-electron chi connectivity index (χ0n) is 30.7. The van der Waals surface area contributed by atoms with Crippen molar-refractivity contribution in [2.75, 3.05) is 0 Å². The third-order valence-corrected chi connectivity index (χ3v) is 13.3. The topological polar surface area (TPSA) is 132 Å². The Morgan fingerprint density at radius 2 is 1.50 bits per heavy atom. The number of hydrogen-bond donors (Lipinski definition) is 4. The smallest absolute Gasteiger partial charge is 0.209 e. The Bertz CT molecular complexity index is 2180. The van der Waals surface area contributed by atoms with E-state index in [4.69, 9.17) is 0 Å². The van der Waals surface area contributed by atoms with Gasteiger partial charge < -0.3 is 20.4 Å². The lowest BCUT2D eigenvalue weighted by atomic mass is 9.39. The molecule has 4 N–H and O–H groups in total. The minimum absolute atomic E-state index is 0.0422. The maximum absolute atomic E-state index is 14.7. The summed E-state index contributed by atoms with van der Waals surface area (Å²) in [5.74, 6) is -6.25. The van der Waals surface area contributed by atoms with Crippen LogP contribution in [-0.4, -0.2) is 43.4 Å². The van der Waals surface area contributed by atoms with E-state index >= 15 is 0 Å². The van der Waals surface area contributed by atoms with Gasteiger partial charge in [-0.25, -0.2) is 0 Å². The van der Waals surface area contributed by atoms with Crippen molar-refractivity contribution < 1.29 is 34.8 Å². The van der Waals surface area contributed by atoms with Crippen LogP contribution in [0.4, 0.5) is 0 Å². The van der Waals surface area contributed by atoms with E-state index < -0.39 is 68.6 Å². The molecule has 3 aromatic rings. The molecule has 0 spiro atoms. The van der Waals surface area contributed by atoms with Gasteiger partial charge in [0.05, 0.1) is 5.56 Å². The van der Waals surface area contributed by atoms with Crippen molar-refractivity contribution in [1.29, 1.82) is 0 Å². The van der Waals surface area contributed by atoms with E-state index in [2.05, 4.69) is 48.6 Å². The van der Waals surface area contributed by atoms with E-state index in [1.54, 1.807) is 6.92 Å². The largest absolute Gasteiger partial charge is 0.511 e. The highest BCUT2D eigenvalue weighted by Crippen LogP contribution is 2.70. The molecule has 0 bridgehead atoms. The number of fused-ring (bicyclic) bond motifs is 3. The Kier molecular flexibility index (Phi) is 8.18. The second kappa shape index (κ2) is 12.0. The lowest BCUT2D eigenvalue weighted by Crippen LogP contribution is -2.71. The first-order valence-corrected chi connectivity index (χ1v) is 18.1. The molecule has 0 aliphatic heterocycles. The molecular formula is C45H46O7. The maximum Gasteiger partial charge on any atom is 0.209 e. The van der Waals surface area contributed by atoms with E-state index in [0.717, 1.165) is 34.8 Å². The fraction of sp³-hybridized carbons (Fsp3) is 0.356. The van der Waals surface area contributed by atoms with Gasteiger partial charge in [-0.15, -0.1) is 0 Å². The normalized spacial score (nSPS) is 29.8. The molecule has 52 heavy (non-hydrogen) atoms. The number of phenols is 1. The monoisotopic (exact) mass is 698 g/mol. The second-order valence-electron chi connectivity index (χ2n) is 16.0. The lowest BCUT2D eigenvalue weighted by molar-refractivity contribution is -0.189. The molecule has 0 amide bonds. The molecule has 268 valence electrons. The summed E-state index contributed by atoms with van der Waals surface area (Å²) in [6.07, 6.45) is 5.34. The van der Waals surface area contributed by atoms with Crippen molar-refractivity contribution in [2.24, 2.45) is 28.6 Å². The van der Waals surface area contributed by atoms with Gasteiger partial charge in [0, 0.05) is 22.3 Å². The number of ketones is 3.